The molecule has 5 aromatic heterocycles. The van der Waals surface area contributed by atoms with E-state index in [9.17, 15) is 19.2 Å². The Morgan fingerprint density at radius 1 is 0.617 bits per heavy atom. The Morgan fingerprint density at radius 3 is 1.67 bits per heavy atom. The van der Waals surface area contributed by atoms with Crippen LogP contribution in [0.4, 0.5) is 0 Å². The van der Waals surface area contributed by atoms with Crippen LogP contribution in [0.15, 0.2) is 135 Å². The minimum absolute atomic E-state index is 0.0423. The van der Waals surface area contributed by atoms with Crippen molar-refractivity contribution in [3.8, 4) is 43.9 Å². The molecule has 4 N–H and O–H groups in total. The molecular weight excluding hydrogens is 777 g/mol. The first-order chi connectivity index (χ1) is 29.0. The minimum atomic E-state index is -0.639. The first-order valence-corrected chi connectivity index (χ1v) is 20.0. The van der Waals surface area contributed by atoms with E-state index in [2.05, 4.69) is 19.1 Å². The summed E-state index contributed by atoms with van der Waals surface area (Å²) in [5.41, 5.74) is 20.5. The predicted molar refractivity (Wildman–Crippen MR) is 229 cm³/mol. The molecule has 8 aromatic rings. The zero-order valence-corrected chi connectivity index (χ0v) is 33.6. The zero-order valence-electron chi connectivity index (χ0n) is 32.8. The van der Waals surface area contributed by atoms with Gasteiger partial charge in [-0.3, -0.25) is 23.7 Å². The number of nitrogens with zero attached hydrogens (tertiary/aromatic N) is 6. The van der Waals surface area contributed by atoms with Crippen molar-refractivity contribution in [3.05, 3.63) is 168 Å². The first-order valence-electron chi connectivity index (χ1n) is 19.2. The number of benzene rings is 3. The quantitative estimate of drug-likeness (QED) is 0.0845. The molecule has 60 heavy (non-hydrogen) atoms. The number of esters is 2. The topological polar surface area (TPSA) is 175 Å². The highest BCUT2D eigenvalue weighted by molar-refractivity contribution is 7.17. The summed E-state index contributed by atoms with van der Waals surface area (Å²) in [4.78, 5) is 59.7. The number of rotatable bonds is 14. The third kappa shape index (κ3) is 8.08. The van der Waals surface area contributed by atoms with Gasteiger partial charge >= 0.3 is 11.9 Å². The largest absolute Gasteiger partial charge is 0.393 e. The number of nitrogens with two attached hydrogens (primary N) is 2. The van der Waals surface area contributed by atoms with E-state index in [0.29, 0.717) is 11.1 Å². The van der Waals surface area contributed by atoms with E-state index in [1.54, 1.807) is 60.7 Å². The number of aromatic nitrogens is 6. The maximum atomic E-state index is 13.2. The van der Waals surface area contributed by atoms with Crippen molar-refractivity contribution < 1.29 is 23.9 Å². The monoisotopic (exact) mass is 816 g/mol. The third-order valence-corrected chi connectivity index (χ3v) is 11.5. The molecule has 0 aliphatic rings. The van der Waals surface area contributed by atoms with Crippen LogP contribution in [0.3, 0.4) is 0 Å². The highest BCUT2D eigenvalue weighted by Crippen LogP contribution is 2.35. The smallest absolute Gasteiger partial charge is 0.313 e. The highest BCUT2D eigenvalue weighted by Gasteiger charge is 2.21. The molecule has 0 fully saturated rings. The molecule has 300 valence electrons. The van der Waals surface area contributed by atoms with Gasteiger partial charge in [-0.1, -0.05) is 12.1 Å². The Labute approximate surface area is 349 Å². The van der Waals surface area contributed by atoms with Crippen LogP contribution < -0.4 is 11.5 Å². The fourth-order valence-electron chi connectivity index (χ4n) is 7.35. The van der Waals surface area contributed by atoms with Gasteiger partial charge in [0.2, 0.25) is 11.8 Å². The molecule has 0 aliphatic carbocycles. The van der Waals surface area contributed by atoms with Crippen LogP contribution in [0.2, 0.25) is 0 Å². The number of ether oxygens (including phenoxy) is 1. The van der Waals surface area contributed by atoms with Gasteiger partial charge in [0.15, 0.2) is 0 Å². The summed E-state index contributed by atoms with van der Waals surface area (Å²) in [5.74, 6) is -2.32. The van der Waals surface area contributed by atoms with Crippen LogP contribution in [0.1, 0.15) is 56.1 Å². The molecule has 14 heteroatoms. The summed E-state index contributed by atoms with van der Waals surface area (Å²) >= 11 is 1.59. The summed E-state index contributed by atoms with van der Waals surface area (Å²) < 4.78 is 13.3. The Balaban J connectivity index is 0.997. The Bertz CT molecular complexity index is 2870. The Morgan fingerprint density at radius 2 is 1.15 bits per heavy atom. The number of primary amides is 2. The molecule has 0 spiro atoms. The van der Waals surface area contributed by atoms with E-state index in [4.69, 9.17) is 16.2 Å². The molecule has 0 saturated heterocycles. The van der Waals surface area contributed by atoms with Crippen LogP contribution in [-0.4, -0.2) is 52.0 Å². The highest BCUT2D eigenvalue weighted by atomic mass is 32.1. The number of aryl methyl sites for hydroxylation is 4. The molecule has 0 bridgehead atoms. The van der Waals surface area contributed by atoms with Crippen molar-refractivity contribution in [1.82, 2.24) is 28.2 Å². The lowest BCUT2D eigenvalue weighted by Crippen LogP contribution is -2.15. The maximum absolute atomic E-state index is 13.2. The van der Waals surface area contributed by atoms with Crippen molar-refractivity contribution in [2.24, 2.45) is 11.5 Å². The third-order valence-electron chi connectivity index (χ3n) is 10.3. The van der Waals surface area contributed by atoms with E-state index < -0.39 is 23.8 Å². The zero-order chi connectivity index (χ0) is 41.9. The summed E-state index contributed by atoms with van der Waals surface area (Å²) in [6, 6.07) is 30.5. The van der Waals surface area contributed by atoms with Gasteiger partial charge in [-0.15, -0.1) is 11.3 Å². The molecule has 0 radical (unpaired) electrons. The fourth-order valence-corrected chi connectivity index (χ4v) is 8.33. The number of imidazole rings is 2. The SMILES string of the molecule is Cc1cc(C(N)=O)ccc1-n1c(CCC(=O)OC(=O)CCc2ccc(-c3ccc(-n4ccnc4)s3)n2-c2ccc(C(N)=O)cc2C)ccc1-c1ccc(-n2ccnc2)cc1. The average molecular weight is 817 g/mol. The van der Waals surface area contributed by atoms with Crippen molar-refractivity contribution in [1.29, 1.82) is 0 Å². The number of amides is 2. The molecular formula is C46H40N8O5S. The first kappa shape index (κ1) is 39.3. The number of hydrogen-bond acceptors (Lipinski definition) is 8. The van der Waals surface area contributed by atoms with Gasteiger partial charge in [-0.05, 0) is 128 Å². The van der Waals surface area contributed by atoms with Crippen molar-refractivity contribution in [3.63, 3.8) is 0 Å². The van der Waals surface area contributed by atoms with Gasteiger partial charge in [0.25, 0.3) is 0 Å². The summed E-state index contributed by atoms with van der Waals surface area (Å²) in [6.07, 6.45) is 11.2. The van der Waals surface area contributed by atoms with E-state index in [1.165, 1.54) is 0 Å². The van der Waals surface area contributed by atoms with Gasteiger partial charge in [0, 0.05) is 64.4 Å². The maximum Gasteiger partial charge on any atom is 0.313 e. The second-order valence-corrected chi connectivity index (χ2v) is 15.4. The van der Waals surface area contributed by atoms with E-state index in [-0.39, 0.29) is 25.7 Å². The molecule has 13 nitrogen and oxygen atoms in total. The molecule has 0 saturated carbocycles. The normalized spacial score (nSPS) is 11.2. The lowest BCUT2D eigenvalue weighted by atomic mass is 10.1. The van der Waals surface area contributed by atoms with Gasteiger partial charge in [-0.25, -0.2) is 9.97 Å². The summed E-state index contributed by atoms with van der Waals surface area (Å²) in [5, 5.41) is 0.986. The minimum Gasteiger partial charge on any atom is -0.393 e. The molecule has 8 rings (SSSR count). The van der Waals surface area contributed by atoms with Crippen molar-refractivity contribution >= 4 is 35.1 Å². The van der Waals surface area contributed by atoms with Gasteiger partial charge in [0.1, 0.15) is 5.00 Å². The van der Waals surface area contributed by atoms with Crippen LogP contribution in [0.25, 0.3) is 43.9 Å². The van der Waals surface area contributed by atoms with Gasteiger partial charge < -0.3 is 29.9 Å². The van der Waals surface area contributed by atoms with Crippen LogP contribution in [-0.2, 0) is 27.2 Å². The molecule has 2 amide bonds. The van der Waals surface area contributed by atoms with Gasteiger partial charge in [0.05, 0.1) is 41.8 Å². The molecule has 0 atom stereocenters. The second-order valence-electron chi connectivity index (χ2n) is 14.3. The fraction of sp³-hybridized carbons (Fsp3) is 0.130. The predicted octanol–water partition coefficient (Wildman–Crippen LogP) is 7.48. The molecule has 0 aliphatic heterocycles. The second kappa shape index (κ2) is 16.7. The standard InChI is InChI=1S/C46H40N8O5S/c1-29-25-32(45(47)57)5-13-37(29)53-35(9-15-39(53)31-3-7-34(8-4-31)51-23-21-49-27-51)11-19-43(55)59-44(56)20-12-36-10-16-40(41-17-18-42(60-41)52-24-22-50-28-52)54(36)38-14-6-33(46(48)58)26-30(38)2/h3-10,13-18,21-28H,11-12,19-20H2,1-2H3,(H2,47,57)(H2,48,58). The van der Waals surface area contributed by atoms with Gasteiger partial charge in [-0.2, -0.15) is 0 Å². The Kier molecular flexibility index (Phi) is 10.9. The van der Waals surface area contributed by atoms with E-state index in [1.807, 2.05) is 108 Å². The van der Waals surface area contributed by atoms with Crippen LogP contribution in [0, 0.1) is 13.8 Å². The summed E-state index contributed by atoms with van der Waals surface area (Å²) in [7, 11) is 0. The molecule has 3 aromatic carbocycles. The van der Waals surface area contributed by atoms with E-state index in [0.717, 1.165) is 66.4 Å². The molecule has 5 heterocycles. The Hall–Kier alpha value is -7.58. The van der Waals surface area contributed by atoms with Crippen molar-refractivity contribution in [2.45, 2.75) is 39.5 Å². The van der Waals surface area contributed by atoms with Crippen molar-refractivity contribution in [2.75, 3.05) is 0 Å². The van der Waals surface area contributed by atoms with Crippen LogP contribution >= 0.6 is 11.3 Å². The summed E-state index contributed by atoms with van der Waals surface area (Å²) in [6.45, 7) is 3.81. The van der Waals surface area contributed by atoms with Crippen LogP contribution in [0.5, 0.6) is 0 Å². The molecule has 0 unspecified atom stereocenters. The van der Waals surface area contributed by atoms with E-state index >= 15 is 0 Å². The number of thiophene rings is 1. The number of carbonyl (C=O) groups excluding carboxylic acids is 4. The average Bonchev–Trinajstić information content (AvgIpc) is 4.09. The number of hydrogen-bond donors (Lipinski definition) is 2. The lowest BCUT2D eigenvalue weighted by molar-refractivity contribution is -0.159. The lowest BCUT2D eigenvalue weighted by Gasteiger charge is -2.17. The number of carbonyl (C=O) groups is 4.